The summed E-state index contributed by atoms with van der Waals surface area (Å²) in [6.07, 6.45) is 4.81. The van der Waals surface area contributed by atoms with Gasteiger partial charge in [0.2, 0.25) is 0 Å². The number of halogens is 3. The molecule has 0 saturated heterocycles. The third-order valence-electron chi connectivity index (χ3n) is 3.31. The van der Waals surface area contributed by atoms with Crippen LogP contribution in [-0.2, 0) is 0 Å². The molecule has 0 aromatic heterocycles. The predicted molar refractivity (Wildman–Crippen MR) is 66.4 cm³/mol. The number of hydrogen-bond donors (Lipinski definition) is 1. The minimum Gasteiger partial charge on any atom is -0.379 e. The topological polar surface area (TPSA) is 12.0 Å². The van der Waals surface area contributed by atoms with Gasteiger partial charge >= 0.3 is 0 Å². The standard InChI is InChI=1S/C13H16ClF2N/c1-8(5-9-3-2-4-9)17-13-11(14)6-10(15)7-12(13)16/h6-9,17H,2-5H2,1H3. The monoisotopic (exact) mass is 259 g/mol. The lowest BCUT2D eigenvalue weighted by Gasteiger charge is -2.29. The molecule has 2 rings (SSSR count). The molecule has 1 aromatic carbocycles. The van der Waals surface area contributed by atoms with Crippen LogP contribution in [0.5, 0.6) is 0 Å². The lowest BCUT2D eigenvalue weighted by Crippen LogP contribution is -2.23. The highest BCUT2D eigenvalue weighted by molar-refractivity contribution is 6.33. The molecular formula is C13H16ClF2N. The highest BCUT2D eigenvalue weighted by atomic mass is 35.5. The summed E-state index contributed by atoms with van der Waals surface area (Å²) in [7, 11) is 0. The normalized spacial score (nSPS) is 17.6. The SMILES string of the molecule is CC(CC1CCC1)Nc1c(F)cc(F)cc1Cl. The lowest BCUT2D eigenvalue weighted by atomic mass is 9.81. The Hall–Kier alpha value is -0.830. The highest BCUT2D eigenvalue weighted by Gasteiger charge is 2.21. The fourth-order valence-corrected chi connectivity index (χ4v) is 2.46. The smallest absolute Gasteiger partial charge is 0.150 e. The van der Waals surface area contributed by atoms with E-state index >= 15 is 0 Å². The van der Waals surface area contributed by atoms with Crippen molar-refractivity contribution in [3.63, 3.8) is 0 Å². The van der Waals surface area contributed by atoms with Crippen molar-refractivity contribution in [3.05, 3.63) is 28.8 Å². The van der Waals surface area contributed by atoms with Crippen LogP contribution in [0.2, 0.25) is 5.02 Å². The van der Waals surface area contributed by atoms with Crippen LogP contribution in [0.15, 0.2) is 12.1 Å². The zero-order chi connectivity index (χ0) is 12.4. The second kappa shape index (κ2) is 5.21. The largest absolute Gasteiger partial charge is 0.379 e. The molecule has 0 spiro atoms. The minimum absolute atomic E-state index is 0.1000. The molecule has 1 fully saturated rings. The van der Waals surface area contributed by atoms with E-state index in [1.165, 1.54) is 19.3 Å². The highest BCUT2D eigenvalue weighted by Crippen LogP contribution is 2.32. The maximum atomic E-state index is 13.5. The van der Waals surface area contributed by atoms with E-state index in [9.17, 15) is 8.78 Å². The first-order valence-corrected chi connectivity index (χ1v) is 6.35. The van der Waals surface area contributed by atoms with Gasteiger partial charge in [0.15, 0.2) is 5.82 Å². The molecular weight excluding hydrogens is 244 g/mol. The summed E-state index contributed by atoms with van der Waals surface area (Å²) in [5.74, 6) is -0.542. The van der Waals surface area contributed by atoms with Crippen LogP contribution in [0.1, 0.15) is 32.6 Å². The molecule has 1 atom stereocenters. The van der Waals surface area contributed by atoms with E-state index in [4.69, 9.17) is 11.6 Å². The molecule has 1 nitrogen and oxygen atoms in total. The van der Waals surface area contributed by atoms with Crippen molar-refractivity contribution in [2.24, 2.45) is 5.92 Å². The van der Waals surface area contributed by atoms with Crippen molar-refractivity contribution < 1.29 is 8.78 Å². The first-order chi connectivity index (χ1) is 8.06. The van der Waals surface area contributed by atoms with E-state index in [2.05, 4.69) is 5.32 Å². The van der Waals surface area contributed by atoms with Gasteiger partial charge in [0, 0.05) is 12.1 Å². The molecule has 1 saturated carbocycles. The summed E-state index contributed by atoms with van der Waals surface area (Å²) < 4.78 is 26.4. The van der Waals surface area contributed by atoms with Crippen molar-refractivity contribution in [1.82, 2.24) is 0 Å². The van der Waals surface area contributed by atoms with E-state index < -0.39 is 11.6 Å². The lowest BCUT2D eigenvalue weighted by molar-refractivity contribution is 0.285. The van der Waals surface area contributed by atoms with E-state index in [0.717, 1.165) is 24.5 Å². The van der Waals surface area contributed by atoms with Crippen LogP contribution in [0.25, 0.3) is 0 Å². The number of benzene rings is 1. The van der Waals surface area contributed by atoms with Crippen LogP contribution in [0.4, 0.5) is 14.5 Å². The molecule has 1 aliphatic rings. The quantitative estimate of drug-likeness (QED) is 0.833. The third-order valence-corrected chi connectivity index (χ3v) is 3.61. The summed E-state index contributed by atoms with van der Waals surface area (Å²) in [5.41, 5.74) is 0.208. The van der Waals surface area contributed by atoms with Crippen LogP contribution in [0, 0.1) is 17.6 Å². The molecule has 4 heteroatoms. The van der Waals surface area contributed by atoms with Crippen LogP contribution in [-0.4, -0.2) is 6.04 Å². The maximum Gasteiger partial charge on any atom is 0.150 e. The van der Waals surface area contributed by atoms with E-state index in [1.54, 1.807) is 0 Å². The second-order valence-corrected chi connectivity index (χ2v) is 5.23. The fourth-order valence-electron chi connectivity index (χ4n) is 2.21. The average molecular weight is 260 g/mol. The Morgan fingerprint density at radius 1 is 1.41 bits per heavy atom. The zero-order valence-electron chi connectivity index (χ0n) is 9.77. The van der Waals surface area contributed by atoms with Gasteiger partial charge in [0.25, 0.3) is 0 Å². The van der Waals surface area contributed by atoms with E-state index in [-0.39, 0.29) is 16.8 Å². The molecule has 1 aliphatic carbocycles. The zero-order valence-corrected chi connectivity index (χ0v) is 10.5. The number of nitrogens with one attached hydrogen (secondary N) is 1. The minimum atomic E-state index is -0.648. The average Bonchev–Trinajstić information content (AvgIpc) is 2.17. The van der Waals surface area contributed by atoms with Crippen molar-refractivity contribution in [2.75, 3.05) is 5.32 Å². The summed E-state index contributed by atoms with van der Waals surface area (Å²) in [5, 5.41) is 3.13. The maximum absolute atomic E-state index is 13.5. The van der Waals surface area contributed by atoms with Crippen molar-refractivity contribution in [3.8, 4) is 0 Å². The van der Waals surface area contributed by atoms with Crippen molar-refractivity contribution in [2.45, 2.75) is 38.6 Å². The first-order valence-electron chi connectivity index (χ1n) is 5.97. The molecule has 0 heterocycles. The Morgan fingerprint density at radius 3 is 2.65 bits per heavy atom. The molecule has 1 N–H and O–H groups in total. The molecule has 1 aromatic rings. The van der Waals surface area contributed by atoms with Gasteiger partial charge in [-0.1, -0.05) is 30.9 Å². The number of rotatable bonds is 4. The van der Waals surface area contributed by atoms with Crippen LogP contribution >= 0.6 is 11.6 Å². The van der Waals surface area contributed by atoms with Gasteiger partial charge in [0.05, 0.1) is 10.7 Å². The molecule has 0 aliphatic heterocycles. The van der Waals surface area contributed by atoms with Gasteiger partial charge in [-0.3, -0.25) is 0 Å². The number of hydrogen-bond acceptors (Lipinski definition) is 1. The fraction of sp³-hybridized carbons (Fsp3) is 0.538. The molecule has 1 unspecified atom stereocenters. The van der Waals surface area contributed by atoms with Crippen molar-refractivity contribution in [1.29, 1.82) is 0 Å². The Kier molecular flexibility index (Phi) is 3.87. The molecule has 0 radical (unpaired) electrons. The summed E-state index contributed by atoms with van der Waals surface area (Å²) in [4.78, 5) is 0. The van der Waals surface area contributed by atoms with Gasteiger partial charge in [-0.15, -0.1) is 0 Å². The van der Waals surface area contributed by atoms with E-state index in [0.29, 0.717) is 0 Å². The first kappa shape index (κ1) is 12.6. The summed E-state index contributed by atoms with van der Waals surface area (Å²) >= 11 is 5.82. The Bertz CT molecular complexity index is 381. The Labute approximate surface area is 105 Å². The molecule has 17 heavy (non-hydrogen) atoms. The van der Waals surface area contributed by atoms with Gasteiger partial charge in [-0.25, -0.2) is 8.78 Å². The Balaban J connectivity index is 2.01. The van der Waals surface area contributed by atoms with Gasteiger partial charge in [-0.05, 0) is 25.3 Å². The Morgan fingerprint density at radius 2 is 2.12 bits per heavy atom. The number of anilines is 1. The summed E-state index contributed by atoms with van der Waals surface area (Å²) in [6, 6.07) is 2.13. The third kappa shape index (κ3) is 3.09. The molecule has 0 bridgehead atoms. The van der Waals surface area contributed by atoms with Gasteiger partial charge in [-0.2, -0.15) is 0 Å². The van der Waals surface area contributed by atoms with Gasteiger partial charge in [0.1, 0.15) is 5.82 Å². The van der Waals surface area contributed by atoms with Crippen LogP contribution in [0.3, 0.4) is 0 Å². The summed E-state index contributed by atoms with van der Waals surface area (Å²) in [6.45, 7) is 2.00. The van der Waals surface area contributed by atoms with Crippen molar-refractivity contribution >= 4 is 17.3 Å². The molecule has 94 valence electrons. The predicted octanol–water partition coefficient (Wildman–Crippen LogP) is 4.61. The van der Waals surface area contributed by atoms with Gasteiger partial charge < -0.3 is 5.32 Å². The second-order valence-electron chi connectivity index (χ2n) is 4.82. The molecule has 0 amide bonds. The van der Waals surface area contributed by atoms with Crippen LogP contribution < -0.4 is 5.32 Å². The van der Waals surface area contributed by atoms with E-state index in [1.807, 2.05) is 6.92 Å².